The summed E-state index contributed by atoms with van der Waals surface area (Å²) in [6, 6.07) is 7.60. The fourth-order valence-electron chi connectivity index (χ4n) is 1.33. The maximum atomic E-state index is 8.74. The predicted octanol–water partition coefficient (Wildman–Crippen LogP) is 2.97. The van der Waals surface area contributed by atoms with Gasteiger partial charge in [0.1, 0.15) is 6.07 Å². The smallest absolute Gasteiger partial charge is 0.201 e. The molecule has 4 N–H and O–H groups in total. The van der Waals surface area contributed by atoms with Gasteiger partial charge < -0.3 is 5.73 Å². The molecule has 0 atom stereocenters. The van der Waals surface area contributed by atoms with E-state index in [0.29, 0.717) is 5.69 Å². The number of rotatable bonds is 3. The molecule has 6 heteroatoms. The van der Waals surface area contributed by atoms with Crippen LogP contribution in [-0.2, 0) is 5.41 Å². The van der Waals surface area contributed by atoms with E-state index >= 15 is 0 Å². The third-order valence-electron chi connectivity index (χ3n) is 2.48. The lowest BCUT2D eigenvalue weighted by molar-refractivity contribution is 0.590. The van der Waals surface area contributed by atoms with Crippen LogP contribution in [0.15, 0.2) is 27.8 Å². The third-order valence-corrected chi connectivity index (χ3v) is 3.14. The van der Waals surface area contributed by atoms with E-state index < -0.39 is 0 Å². The summed E-state index contributed by atoms with van der Waals surface area (Å²) in [6.07, 6.45) is 0. The first-order valence-corrected chi connectivity index (χ1v) is 6.43. The average molecular weight is 322 g/mol. The van der Waals surface area contributed by atoms with Crippen LogP contribution < -0.4 is 11.2 Å². The van der Waals surface area contributed by atoms with Crippen LogP contribution in [0.5, 0.6) is 0 Å². The Hall–Kier alpha value is -1.87. The van der Waals surface area contributed by atoms with Crippen molar-refractivity contribution in [1.82, 2.24) is 0 Å². The highest BCUT2D eigenvalue weighted by molar-refractivity contribution is 9.10. The second-order valence-corrected chi connectivity index (χ2v) is 5.90. The molecule has 0 aliphatic rings. The number of nitriles is 1. The maximum Gasteiger partial charge on any atom is 0.201 e. The zero-order chi connectivity index (χ0) is 14.6. The molecule has 0 aliphatic carbocycles. The largest absolute Gasteiger partial charge is 0.382 e. The van der Waals surface area contributed by atoms with Crippen molar-refractivity contribution in [2.75, 3.05) is 5.43 Å². The van der Waals surface area contributed by atoms with E-state index in [9.17, 15) is 0 Å². The molecule has 100 valence electrons. The molecular formula is C13H16BrN5. The molecule has 0 aliphatic heterocycles. The molecule has 5 nitrogen and oxygen atoms in total. The highest BCUT2D eigenvalue weighted by Gasteiger charge is 2.14. The standard InChI is InChI=1S/C13H16BrN5/c1-13(2,3)8-4-5-10(9(14)6-8)18-19-11(7-15)12(16)17/h4-6,18H,1-3H3,(H3,16,17)/b19-11+. The highest BCUT2D eigenvalue weighted by atomic mass is 79.9. The first kappa shape index (κ1) is 15.2. The first-order valence-electron chi connectivity index (χ1n) is 5.64. The van der Waals surface area contributed by atoms with E-state index in [1.54, 1.807) is 6.07 Å². The van der Waals surface area contributed by atoms with Gasteiger partial charge in [-0.2, -0.15) is 10.4 Å². The normalized spacial score (nSPS) is 11.8. The zero-order valence-corrected chi connectivity index (χ0v) is 12.7. The van der Waals surface area contributed by atoms with Gasteiger partial charge in [0.05, 0.1) is 5.69 Å². The van der Waals surface area contributed by atoms with Gasteiger partial charge in [0.2, 0.25) is 5.71 Å². The summed E-state index contributed by atoms with van der Waals surface area (Å²) >= 11 is 3.45. The summed E-state index contributed by atoms with van der Waals surface area (Å²) in [5.74, 6) is -0.363. The molecular weight excluding hydrogens is 306 g/mol. The number of nitrogens with zero attached hydrogens (tertiary/aromatic N) is 2. The molecule has 1 aromatic rings. The Labute approximate surface area is 121 Å². The Morgan fingerprint density at radius 1 is 1.47 bits per heavy atom. The fraction of sp³-hybridized carbons (Fsp3) is 0.308. The molecule has 19 heavy (non-hydrogen) atoms. The molecule has 0 aromatic heterocycles. The van der Waals surface area contributed by atoms with Crippen molar-refractivity contribution >= 4 is 33.2 Å². The molecule has 0 spiro atoms. The van der Waals surface area contributed by atoms with Crippen molar-refractivity contribution < 1.29 is 0 Å². The van der Waals surface area contributed by atoms with Crippen LogP contribution in [0.2, 0.25) is 0 Å². The molecule has 1 aromatic carbocycles. The van der Waals surface area contributed by atoms with Crippen molar-refractivity contribution in [3.8, 4) is 6.07 Å². The number of anilines is 1. The highest BCUT2D eigenvalue weighted by Crippen LogP contribution is 2.30. The Kier molecular flexibility index (Phi) is 4.67. The van der Waals surface area contributed by atoms with Crippen LogP contribution in [0.4, 0.5) is 5.69 Å². The number of benzene rings is 1. The second kappa shape index (κ2) is 5.85. The number of hydrogen-bond donors (Lipinski definition) is 3. The van der Waals surface area contributed by atoms with Crippen molar-refractivity contribution in [3.05, 3.63) is 28.2 Å². The average Bonchev–Trinajstić information content (AvgIpc) is 2.29. The van der Waals surface area contributed by atoms with Crippen LogP contribution in [0.25, 0.3) is 0 Å². The van der Waals surface area contributed by atoms with Crippen molar-refractivity contribution in [3.63, 3.8) is 0 Å². The van der Waals surface area contributed by atoms with Gasteiger partial charge in [0.25, 0.3) is 0 Å². The molecule has 0 amide bonds. The van der Waals surface area contributed by atoms with E-state index in [1.165, 1.54) is 5.56 Å². The van der Waals surface area contributed by atoms with Gasteiger partial charge in [-0.3, -0.25) is 10.8 Å². The lowest BCUT2D eigenvalue weighted by atomic mass is 9.87. The summed E-state index contributed by atoms with van der Waals surface area (Å²) in [7, 11) is 0. The quantitative estimate of drug-likeness (QED) is 0.453. The monoisotopic (exact) mass is 321 g/mol. The Morgan fingerprint density at radius 2 is 2.11 bits per heavy atom. The number of hydrazone groups is 1. The molecule has 0 saturated heterocycles. The van der Waals surface area contributed by atoms with Crippen molar-refractivity contribution in [2.24, 2.45) is 10.8 Å². The van der Waals surface area contributed by atoms with Crippen LogP contribution >= 0.6 is 15.9 Å². The maximum absolute atomic E-state index is 8.74. The van der Waals surface area contributed by atoms with Crippen molar-refractivity contribution in [2.45, 2.75) is 26.2 Å². The van der Waals surface area contributed by atoms with Gasteiger partial charge in [-0.1, -0.05) is 26.8 Å². The number of hydrogen-bond acceptors (Lipinski definition) is 4. The molecule has 0 radical (unpaired) electrons. The Morgan fingerprint density at radius 3 is 2.53 bits per heavy atom. The number of amidine groups is 1. The Bertz CT molecular complexity index is 563. The summed E-state index contributed by atoms with van der Waals surface area (Å²) < 4.78 is 0.838. The number of nitrogens with one attached hydrogen (secondary N) is 2. The summed E-state index contributed by atoms with van der Waals surface area (Å²) in [5, 5.41) is 19.7. The first-order chi connectivity index (χ1) is 8.75. The minimum absolute atomic E-state index is 0.0571. The second-order valence-electron chi connectivity index (χ2n) is 5.04. The van der Waals surface area contributed by atoms with E-state index in [2.05, 4.69) is 47.2 Å². The van der Waals surface area contributed by atoms with Crippen LogP contribution in [0.3, 0.4) is 0 Å². The molecule has 0 saturated carbocycles. The molecule has 0 unspecified atom stereocenters. The minimum atomic E-state index is -0.363. The van der Waals surface area contributed by atoms with E-state index in [4.69, 9.17) is 16.4 Å². The van der Waals surface area contributed by atoms with Crippen molar-refractivity contribution in [1.29, 1.82) is 10.7 Å². The third kappa shape index (κ3) is 4.07. The fourth-order valence-corrected chi connectivity index (χ4v) is 1.80. The molecule has 0 bridgehead atoms. The molecule has 0 heterocycles. The summed E-state index contributed by atoms with van der Waals surface area (Å²) in [4.78, 5) is 0. The van der Waals surface area contributed by atoms with E-state index in [-0.39, 0.29) is 17.0 Å². The van der Waals surface area contributed by atoms with E-state index in [1.807, 2.05) is 18.2 Å². The lowest BCUT2D eigenvalue weighted by Crippen LogP contribution is -2.21. The molecule has 1 rings (SSSR count). The molecule has 0 fully saturated rings. The zero-order valence-electron chi connectivity index (χ0n) is 11.1. The SMILES string of the molecule is CC(C)(C)c1ccc(N/N=C(\C#N)C(=N)N)c(Br)c1. The van der Waals surface area contributed by atoms with Gasteiger partial charge in [-0.25, -0.2) is 0 Å². The van der Waals surface area contributed by atoms with Crippen LogP contribution in [0.1, 0.15) is 26.3 Å². The minimum Gasteiger partial charge on any atom is -0.382 e. The van der Waals surface area contributed by atoms with Crippen LogP contribution in [0, 0.1) is 16.7 Å². The van der Waals surface area contributed by atoms with Gasteiger partial charge in [-0.05, 0) is 39.0 Å². The Balaban J connectivity index is 3.00. The van der Waals surface area contributed by atoms with Gasteiger partial charge in [-0.15, -0.1) is 0 Å². The predicted molar refractivity (Wildman–Crippen MR) is 81.4 cm³/mol. The van der Waals surface area contributed by atoms with Crippen LogP contribution in [-0.4, -0.2) is 11.5 Å². The topological polar surface area (TPSA) is 98.0 Å². The van der Waals surface area contributed by atoms with Gasteiger partial charge in [0.15, 0.2) is 5.84 Å². The number of nitrogens with two attached hydrogens (primary N) is 1. The van der Waals surface area contributed by atoms with Gasteiger partial charge >= 0.3 is 0 Å². The lowest BCUT2D eigenvalue weighted by Gasteiger charge is -2.20. The van der Waals surface area contributed by atoms with E-state index in [0.717, 1.165) is 4.47 Å². The van der Waals surface area contributed by atoms with Gasteiger partial charge in [0, 0.05) is 4.47 Å². The summed E-state index contributed by atoms with van der Waals surface area (Å²) in [5.41, 5.74) is 9.73. The summed E-state index contributed by atoms with van der Waals surface area (Å²) in [6.45, 7) is 6.39. The number of halogens is 1.